The molecule has 0 aliphatic carbocycles. The molecule has 0 aliphatic heterocycles. The highest BCUT2D eigenvalue weighted by molar-refractivity contribution is 7.98. The zero-order valence-corrected chi connectivity index (χ0v) is 15.6. The van der Waals surface area contributed by atoms with Gasteiger partial charge in [-0.25, -0.2) is 0 Å². The lowest BCUT2D eigenvalue weighted by Crippen LogP contribution is -1.97. The number of aryl methyl sites for hydroxylation is 1. The lowest BCUT2D eigenvalue weighted by atomic mass is 10.1. The Morgan fingerprint density at radius 1 is 1.19 bits per heavy atom. The number of allylic oxidation sites excluding steroid dienone is 1. The first-order chi connectivity index (χ1) is 12.7. The van der Waals surface area contributed by atoms with Crippen LogP contribution in [0, 0.1) is 0 Å². The summed E-state index contributed by atoms with van der Waals surface area (Å²) in [6.45, 7) is 0. The molecule has 0 spiro atoms. The van der Waals surface area contributed by atoms with Crippen LogP contribution < -0.4 is 4.74 Å². The molecule has 0 saturated heterocycles. The first-order valence-electron chi connectivity index (χ1n) is 8.22. The second kappa shape index (κ2) is 8.54. The SMILES string of the molecule is COc1cc(/C=C/C(=O)c2ccn(C)n2)ccc1CSc1ccccc1. The Morgan fingerprint density at radius 3 is 2.69 bits per heavy atom. The average Bonchev–Trinajstić information content (AvgIpc) is 3.12. The molecule has 0 aliphatic rings. The van der Waals surface area contributed by atoms with Crippen LogP contribution in [-0.2, 0) is 12.8 Å². The Labute approximate surface area is 157 Å². The largest absolute Gasteiger partial charge is 0.496 e. The van der Waals surface area contributed by atoms with Crippen molar-refractivity contribution in [1.29, 1.82) is 0 Å². The number of hydrogen-bond donors (Lipinski definition) is 0. The third kappa shape index (κ3) is 4.64. The van der Waals surface area contributed by atoms with E-state index < -0.39 is 0 Å². The van der Waals surface area contributed by atoms with E-state index in [2.05, 4.69) is 17.2 Å². The monoisotopic (exact) mass is 364 g/mol. The molecule has 3 rings (SSSR count). The van der Waals surface area contributed by atoms with Crippen LogP contribution in [0.3, 0.4) is 0 Å². The van der Waals surface area contributed by atoms with Gasteiger partial charge in [0.2, 0.25) is 5.78 Å². The van der Waals surface area contributed by atoms with Gasteiger partial charge in [-0.1, -0.05) is 36.4 Å². The van der Waals surface area contributed by atoms with Gasteiger partial charge in [-0.05, 0) is 35.9 Å². The fraction of sp³-hybridized carbons (Fsp3) is 0.143. The van der Waals surface area contributed by atoms with Crippen LogP contribution in [-0.4, -0.2) is 22.7 Å². The van der Waals surface area contributed by atoms with Gasteiger partial charge in [-0.2, -0.15) is 5.10 Å². The second-order valence-corrected chi connectivity index (χ2v) is 6.79. The van der Waals surface area contributed by atoms with Crippen molar-refractivity contribution in [3.8, 4) is 5.75 Å². The predicted octanol–water partition coefficient (Wildman–Crippen LogP) is 4.62. The molecule has 0 saturated carbocycles. The standard InChI is InChI=1S/C21H20N2O2S/c1-23-13-12-19(22-23)20(24)11-9-16-8-10-17(21(14-16)25-2)15-26-18-6-4-3-5-7-18/h3-14H,15H2,1-2H3/b11-9+. The summed E-state index contributed by atoms with van der Waals surface area (Å²) >= 11 is 1.76. The summed E-state index contributed by atoms with van der Waals surface area (Å²) < 4.78 is 7.14. The van der Waals surface area contributed by atoms with Crippen LogP contribution in [0.2, 0.25) is 0 Å². The van der Waals surface area contributed by atoms with Gasteiger partial charge < -0.3 is 4.74 Å². The first kappa shape index (κ1) is 18.0. The summed E-state index contributed by atoms with van der Waals surface area (Å²) in [6.07, 6.45) is 5.08. The molecule has 3 aromatic rings. The molecule has 0 radical (unpaired) electrons. The summed E-state index contributed by atoms with van der Waals surface area (Å²) in [5, 5.41) is 4.11. The molecule has 26 heavy (non-hydrogen) atoms. The van der Waals surface area contributed by atoms with Crippen LogP contribution in [0.5, 0.6) is 5.75 Å². The van der Waals surface area contributed by atoms with Gasteiger partial charge in [0, 0.05) is 29.5 Å². The second-order valence-electron chi connectivity index (χ2n) is 5.75. The normalized spacial score (nSPS) is 11.0. The molecule has 4 nitrogen and oxygen atoms in total. The molecule has 2 aromatic carbocycles. The van der Waals surface area contributed by atoms with E-state index in [1.807, 2.05) is 36.4 Å². The topological polar surface area (TPSA) is 44.1 Å². The number of carbonyl (C=O) groups excluding carboxylic acids is 1. The smallest absolute Gasteiger partial charge is 0.206 e. The molecule has 1 heterocycles. The van der Waals surface area contributed by atoms with Crippen LogP contribution in [0.25, 0.3) is 6.08 Å². The lowest BCUT2D eigenvalue weighted by Gasteiger charge is -2.09. The number of ether oxygens (including phenoxy) is 1. The highest BCUT2D eigenvalue weighted by Crippen LogP contribution is 2.29. The number of carbonyl (C=O) groups is 1. The summed E-state index contributed by atoms with van der Waals surface area (Å²) in [5.41, 5.74) is 2.47. The van der Waals surface area contributed by atoms with Gasteiger partial charge in [-0.15, -0.1) is 11.8 Å². The van der Waals surface area contributed by atoms with Crippen molar-refractivity contribution in [1.82, 2.24) is 9.78 Å². The summed E-state index contributed by atoms with van der Waals surface area (Å²) in [6, 6.07) is 18.0. The number of methoxy groups -OCH3 is 1. The Hall–Kier alpha value is -2.79. The molecule has 0 unspecified atom stereocenters. The van der Waals surface area contributed by atoms with Crippen molar-refractivity contribution in [3.05, 3.63) is 83.7 Å². The van der Waals surface area contributed by atoms with Gasteiger partial charge in [-0.3, -0.25) is 9.48 Å². The van der Waals surface area contributed by atoms with Crippen LogP contribution in [0.15, 0.2) is 71.8 Å². The van der Waals surface area contributed by atoms with Crippen molar-refractivity contribution in [2.75, 3.05) is 7.11 Å². The van der Waals surface area contributed by atoms with Crippen molar-refractivity contribution in [2.45, 2.75) is 10.6 Å². The van der Waals surface area contributed by atoms with Gasteiger partial charge in [0.15, 0.2) is 0 Å². The maximum absolute atomic E-state index is 12.1. The number of aromatic nitrogens is 2. The van der Waals surface area contributed by atoms with Crippen molar-refractivity contribution in [3.63, 3.8) is 0 Å². The molecular weight excluding hydrogens is 344 g/mol. The Bertz CT molecular complexity index is 917. The predicted molar refractivity (Wildman–Crippen MR) is 106 cm³/mol. The maximum Gasteiger partial charge on any atom is 0.206 e. The van der Waals surface area contributed by atoms with Gasteiger partial charge in [0.25, 0.3) is 0 Å². The molecule has 132 valence electrons. The van der Waals surface area contributed by atoms with E-state index in [4.69, 9.17) is 4.74 Å². The van der Waals surface area contributed by atoms with Crippen molar-refractivity contribution in [2.24, 2.45) is 7.05 Å². The van der Waals surface area contributed by atoms with E-state index in [0.29, 0.717) is 5.69 Å². The number of ketones is 1. The molecule has 0 fully saturated rings. The van der Waals surface area contributed by atoms with Gasteiger partial charge >= 0.3 is 0 Å². The van der Waals surface area contributed by atoms with Gasteiger partial charge in [0.05, 0.1) is 7.11 Å². The number of nitrogens with zero attached hydrogens (tertiary/aromatic N) is 2. The molecular formula is C21H20N2O2S. The third-order valence-corrected chi connectivity index (χ3v) is 4.90. The Morgan fingerprint density at radius 2 is 2.00 bits per heavy atom. The van der Waals surface area contributed by atoms with Crippen molar-refractivity contribution < 1.29 is 9.53 Å². The fourth-order valence-electron chi connectivity index (χ4n) is 2.47. The van der Waals surface area contributed by atoms with E-state index in [1.165, 1.54) is 11.0 Å². The van der Waals surface area contributed by atoms with E-state index in [9.17, 15) is 4.79 Å². The minimum absolute atomic E-state index is 0.117. The first-order valence-corrected chi connectivity index (χ1v) is 9.21. The van der Waals surface area contributed by atoms with E-state index in [-0.39, 0.29) is 5.78 Å². The quantitative estimate of drug-likeness (QED) is 0.349. The Balaban J connectivity index is 1.69. The van der Waals surface area contributed by atoms with Crippen molar-refractivity contribution >= 4 is 23.6 Å². The highest BCUT2D eigenvalue weighted by atomic mass is 32.2. The highest BCUT2D eigenvalue weighted by Gasteiger charge is 2.07. The zero-order valence-electron chi connectivity index (χ0n) is 14.8. The summed E-state index contributed by atoms with van der Waals surface area (Å²) in [5.74, 6) is 1.53. The average molecular weight is 364 g/mol. The van der Waals surface area contributed by atoms with E-state index >= 15 is 0 Å². The summed E-state index contributed by atoms with van der Waals surface area (Å²) in [4.78, 5) is 13.3. The lowest BCUT2D eigenvalue weighted by molar-refractivity contribution is 0.104. The molecule has 0 N–H and O–H groups in total. The van der Waals surface area contributed by atoms with Crippen LogP contribution >= 0.6 is 11.8 Å². The number of thioether (sulfide) groups is 1. The third-order valence-electron chi connectivity index (χ3n) is 3.84. The van der Waals surface area contributed by atoms with E-state index in [0.717, 1.165) is 22.6 Å². The van der Waals surface area contributed by atoms with Crippen LogP contribution in [0.1, 0.15) is 21.6 Å². The number of rotatable bonds is 7. The molecule has 0 bridgehead atoms. The number of benzene rings is 2. The van der Waals surface area contributed by atoms with Gasteiger partial charge in [0.1, 0.15) is 11.4 Å². The maximum atomic E-state index is 12.1. The molecule has 0 amide bonds. The minimum Gasteiger partial charge on any atom is -0.496 e. The fourth-order valence-corrected chi connectivity index (χ4v) is 3.38. The van der Waals surface area contributed by atoms with Crippen LogP contribution in [0.4, 0.5) is 0 Å². The zero-order chi connectivity index (χ0) is 18.4. The molecule has 5 heteroatoms. The summed E-state index contributed by atoms with van der Waals surface area (Å²) in [7, 11) is 3.45. The number of hydrogen-bond acceptors (Lipinski definition) is 4. The molecule has 0 atom stereocenters. The van der Waals surface area contributed by atoms with E-state index in [1.54, 1.807) is 48.9 Å². The molecule has 1 aromatic heterocycles. The Kier molecular flexibility index (Phi) is 5.92. The minimum atomic E-state index is -0.117.